The molecule has 0 aromatic heterocycles. The predicted molar refractivity (Wildman–Crippen MR) is 54.1 cm³/mol. The maximum absolute atomic E-state index is 12.1. The molecule has 0 aromatic rings. The van der Waals surface area contributed by atoms with Crippen LogP contribution in [0.5, 0.6) is 0 Å². The van der Waals surface area contributed by atoms with Crippen molar-refractivity contribution in [3.05, 3.63) is 0 Å². The Morgan fingerprint density at radius 1 is 1.36 bits per heavy atom. The average Bonchev–Trinajstić information content (AvgIpc) is 2.17. The van der Waals surface area contributed by atoms with Crippen LogP contribution in [0, 0.1) is 0 Å². The van der Waals surface area contributed by atoms with Crippen molar-refractivity contribution >= 4 is 6.09 Å². The average molecular weight is 205 g/mol. The van der Waals surface area contributed by atoms with Gasteiger partial charge in [0, 0.05) is 13.1 Å². The van der Waals surface area contributed by atoms with Gasteiger partial charge in [-0.05, 0) is 19.8 Å². The molecule has 0 rings (SSSR count). The Labute approximate surface area is 85.2 Å². The fraction of sp³-hybridized carbons (Fsp3) is 0.900. The van der Waals surface area contributed by atoms with Gasteiger partial charge in [-0.2, -0.15) is 0 Å². The lowest BCUT2D eigenvalue weighted by molar-refractivity contribution is 0.0589. The van der Waals surface area contributed by atoms with Crippen LogP contribution < -0.4 is 0 Å². The number of halogens is 1. The predicted octanol–water partition coefficient (Wildman–Crippen LogP) is 2.60. The Bertz CT molecular complexity index is 158. The molecule has 0 aliphatic carbocycles. The first-order chi connectivity index (χ1) is 6.65. The second-order valence-corrected chi connectivity index (χ2v) is 3.34. The summed E-state index contributed by atoms with van der Waals surface area (Å²) in [7, 11) is 0. The zero-order valence-corrected chi connectivity index (χ0v) is 9.25. The quantitative estimate of drug-likeness (QED) is 0.667. The van der Waals surface area contributed by atoms with Crippen LogP contribution in [0.3, 0.4) is 0 Å². The van der Waals surface area contributed by atoms with E-state index in [2.05, 4.69) is 0 Å². The molecular formula is C10H20FNO2. The van der Waals surface area contributed by atoms with E-state index in [0.29, 0.717) is 13.1 Å². The maximum Gasteiger partial charge on any atom is 0.410 e. The first-order valence-corrected chi connectivity index (χ1v) is 5.17. The summed E-state index contributed by atoms with van der Waals surface area (Å²) in [5.41, 5.74) is 0. The molecule has 0 bridgehead atoms. The van der Waals surface area contributed by atoms with Crippen LogP contribution in [-0.4, -0.2) is 36.9 Å². The van der Waals surface area contributed by atoms with Gasteiger partial charge in [0.15, 0.2) is 0 Å². The molecule has 84 valence electrons. The molecule has 0 spiro atoms. The van der Waals surface area contributed by atoms with E-state index < -0.39 is 18.9 Å². The Balaban J connectivity index is 4.00. The summed E-state index contributed by atoms with van der Waals surface area (Å²) in [5, 5.41) is 0. The maximum atomic E-state index is 12.1. The van der Waals surface area contributed by atoms with E-state index in [0.717, 1.165) is 12.8 Å². The van der Waals surface area contributed by atoms with Crippen molar-refractivity contribution in [2.24, 2.45) is 0 Å². The standard InChI is InChI=1S/C10H20FNO2/c1-4-6-12(7-5-2)10(13)14-9(3)8-11/h9H,4-8H2,1-3H3/t9-/m0/s1. The molecule has 1 amide bonds. The number of amides is 1. The number of carbonyl (C=O) groups is 1. The molecule has 0 heterocycles. The van der Waals surface area contributed by atoms with Gasteiger partial charge >= 0.3 is 6.09 Å². The third kappa shape index (κ3) is 5.04. The van der Waals surface area contributed by atoms with Crippen LogP contribution in [0.1, 0.15) is 33.6 Å². The second-order valence-electron chi connectivity index (χ2n) is 3.34. The molecule has 0 aliphatic rings. The van der Waals surface area contributed by atoms with E-state index in [1.54, 1.807) is 11.8 Å². The van der Waals surface area contributed by atoms with E-state index in [-0.39, 0.29) is 0 Å². The van der Waals surface area contributed by atoms with Gasteiger partial charge in [0.2, 0.25) is 0 Å². The van der Waals surface area contributed by atoms with E-state index in [1.807, 2.05) is 13.8 Å². The highest BCUT2D eigenvalue weighted by Gasteiger charge is 2.15. The molecule has 0 saturated carbocycles. The molecular weight excluding hydrogens is 185 g/mol. The minimum atomic E-state index is -0.640. The highest BCUT2D eigenvalue weighted by atomic mass is 19.1. The van der Waals surface area contributed by atoms with Crippen molar-refractivity contribution in [3.8, 4) is 0 Å². The number of ether oxygens (including phenoxy) is 1. The van der Waals surface area contributed by atoms with Crippen LogP contribution in [0.25, 0.3) is 0 Å². The normalized spacial score (nSPS) is 12.3. The van der Waals surface area contributed by atoms with Gasteiger partial charge < -0.3 is 9.64 Å². The fourth-order valence-electron chi connectivity index (χ4n) is 1.11. The third-order valence-electron chi connectivity index (χ3n) is 1.76. The number of hydrogen-bond acceptors (Lipinski definition) is 2. The molecule has 4 heteroatoms. The molecule has 14 heavy (non-hydrogen) atoms. The van der Waals surface area contributed by atoms with E-state index >= 15 is 0 Å². The van der Waals surface area contributed by atoms with Gasteiger partial charge in [-0.15, -0.1) is 0 Å². The summed E-state index contributed by atoms with van der Waals surface area (Å²) in [6.45, 7) is 6.26. The highest BCUT2D eigenvalue weighted by molar-refractivity contribution is 5.67. The van der Waals surface area contributed by atoms with Crippen molar-refractivity contribution in [2.45, 2.75) is 39.7 Å². The molecule has 3 nitrogen and oxygen atoms in total. The van der Waals surface area contributed by atoms with Gasteiger partial charge in [-0.3, -0.25) is 0 Å². The molecule has 0 saturated heterocycles. The van der Waals surface area contributed by atoms with Gasteiger partial charge in [-0.1, -0.05) is 13.8 Å². The number of alkyl halides is 1. The summed E-state index contributed by atoms with van der Waals surface area (Å²) in [6.07, 6.45) is 0.732. The van der Waals surface area contributed by atoms with Crippen LogP contribution in [0.15, 0.2) is 0 Å². The fourth-order valence-corrected chi connectivity index (χ4v) is 1.11. The van der Waals surface area contributed by atoms with Crippen molar-refractivity contribution in [1.82, 2.24) is 4.90 Å². The molecule has 0 fully saturated rings. The number of rotatable bonds is 6. The van der Waals surface area contributed by atoms with Gasteiger partial charge in [-0.25, -0.2) is 9.18 Å². The lowest BCUT2D eigenvalue weighted by atomic mass is 10.4. The van der Waals surface area contributed by atoms with Gasteiger partial charge in [0.1, 0.15) is 12.8 Å². The Morgan fingerprint density at radius 3 is 2.21 bits per heavy atom. The third-order valence-corrected chi connectivity index (χ3v) is 1.76. The zero-order valence-electron chi connectivity index (χ0n) is 9.25. The summed E-state index contributed by atoms with van der Waals surface area (Å²) >= 11 is 0. The topological polar surface area (TPSA) is 29.5 Å². The highest BCUT2D eigenvalue weighted by Crippen LogP contribution is 2.01. The monoisotopic (exact) mass is 205 g/mol. The Hall–Kier alpha value is -0.800. The van der Waals surface area contributed by atoms with Gasteiger partial charge in [0.25, 0.3) is 0 Å². The Morgan fingerprint density at radius 2 is 1.86 bits per heavy atom. The molecule has 0 aromatic carbocycles. The molecule has 0 aliphatic heterocycles. The van der Waals surface area contributed by atoms with E-state index in [1.165, 1.54) is 0 Å². The Kier molecular flexibility index (Phi) is 7.16. The van der Waals surface area contributed by atoms with Crippen molar-refractivity contribution in [2.75, 3.05) is 19.8 Å². The van der Waals surface area contributed by atoms with Crippen LogP contribution in [0.2, 0.25) is 0 Å². The zero-order chi connectivity index (χ0) is 11.0. The molecule has 0 radical (unpaired) electrons. The SMILES string of the molecule is CCCN(CCC)C(=O)O[C@@H](C)CF. The van der Waals surface area contributed by atoms with Crippen LogP contribution in [0.4, 0.5) is 9.18 Å². The minimum absolute atomic E-state index is 0.404. The number of hydrogen-bond donors (Lipinski definition) is 0. The second kappa shape index (κ2) is 7.59. The summed E-state index contributed by atoms with van der Waals surface area (Å²) in [5.74, 6) is 0. The number of nitrogens with zero attached hydrogens (tertiary/aromatic N) is 1. The van der Waals surface area contributed by atoms with Crippen LogP contribution in [-0.2, 0) is 4.74 Å². The summed E-state index contributed by atoms with van der Waals surface area (Å²) in [4.78, 5) is 13.0. The van der Waals surface area contributed by atoms with Crippen molar-refractivity contribution in [3.63, 3.8) is 0 Å². The summed E-state index contributed by atoms with van der Waals surface area (Å²) in [6, 6.07) is 0. The van der Waals surface area contributed by atoms with Gasteiger partial charge in [0.05, 0.1) is 0 Å². The van der Waals surface area contributed by atoms with Crippen LogP contribution >= 0.6 is 0 Å². The first kappa shape index (κ1) is 13.2. The smallest absolute Gasteiger partial charge is 0.410 e. The van der Waals surface area contributed by atoms with E-state index in [9.17, 15) is 9.18 Å². The minimum Gasteiger partial charge on any atom is -0.444 e. The largest absolute Gasteiger partial charge is 0.444 e. The lowest BCUT2D eigenvalue weighted by Gasteiger charge is -2.22. The van der Waals surface area contributed by atoms with Crippen molar-refractivity contribution in [1.29, 1.82) is 0 Å². The molecule has 0 unspecified atom stereocenters. The van der Waals surface area contributed by atoms with Crippen molar-refractivity contribution < 1.29 is 13.9 Å². The number of carbonyl (C=O) groups excluding carboxylic acids is 1. The first-order valence-electron chi connectivity index (χ1n) is 5.17. The summed E-state index contributed by atoms with van der Waals surface area (Å²) < 4.78 is 17.0. The van der Waals surface area contributed by atoms with E-state index in [4.69, 9.17) is 4.74 Å². The lowest BCUT2D eigenvalue weighted by Crippen LogP contribution is -2.35. The molecule has 0 N–H and O–H groups in total. The molecule has 1 atom stereocenters.